The van der Waals surface area contributed by atoms with E-state index in [2.05, 4.69) is 23.0 Å². The van der Waals surface area contributed by atoms with Crippen molar-refractivity contribution in [2.45, 2.75) is 32.6 Å². The highest BCUT2D eigenvalue weighted by Crippen LogP contribution is 2.33. The molecule has 1 aromatic carbocycles. The van der Waals surface area contributed by atoms with E-state index in [1.807, 2.05) is 29.6 Å². The minimum absolute atomic E-state index is 0.728. The molecule has 5 heteroatoms. The Hall–Kier alpha value is -1.85. The van der Waals surface area contributed by atoms with E-state index in [1.54, 1.807) is 11.3 Å². The number of aromatic nitrogens is 1. The summed E-state index contributed by atoms with van der Waals surface area (Å²) in [6, 6.07) is 10.2. The normalized spacial score (nSPS) is 16.3. The van der Waals surface area contributed by atoms with Crippen molar-refractivity contribution in [3.63, 3.8) is 0 Å². The summed E-state index contributed by atoms with van der Waals surface area (Å²) in [5.41, 5.74) is 1.02. The van der Waals surface area contributed by atoms with Gasteiger partial charge in [-0.25, -0.2) is 0 Å². The fraction of sp³-hybridized carbons (Fsp3) is 0.476. The highest BCUT2D eigenvalue weighted by atomic mass is 32.1. The number of ether oxygens (including phenoxy) is 1. The molecule has 4 rings (SSSR count). The lowest BCUT2D eigenvalue weighted by atomic mass is 9.92. The molecule has 0 N–H and O–H groups in total. The summed E-state index contributed by atoms with van der Waals surface area (Å²) in [7, 11) is 0. The van der Waals surface area contributed by atoms with E-state index in [1.165, 1.54) is 38.8 Å². The van der Waals surface area contributed by atoms with Gasteiger partial charge in [0.2, 0.25) is 0 Å². The summed E-state index contributed by atoms with van der Waals surface area (Å²) >= 11 is 1.60. The summed E-state index contributed by atoms with van der Waals surface area (Å²) in [5.74, 6) is 2.65. The second kappa shape index (κ2) is 8.23. The van der Waals surface area contributed by atoms with Crippen LogP contribution in [0, 0.1) is 5.92 Å². The fourth-order valence-corrected chi connectivity index (χ4v) is 4.52. The van der Waals surface area contributed by atoms with Crippen molar-refractivity contribution >= 4 is 21.6 Å². The van der Waals surface area contributed by atoms with Gasteiger partial charge in [0.1, 0.15) is 12.4 Å². The Bertz CT molecular complexity index is 833. The number of thiophene rings is 1. The standard InChI is InChI=1S/C21H26N2O2S/c1-2-4-16-7-10-23(11-8-16)12-13-24-18-6-3-5-17(15-18)20-19-9-14-26-21(19)22-25-20/h3,5-6,9,14-16H,2,4,7-8,10-13H2,1H3. The van der Waals surface area contributed by atoms with Crippen molar-refractivity contribution in [1.82, 2.24) is 10.1 Å². The Morgan fingerprint density at radius 3 is 3.00 bits per heavy atom. The van der Waals surface area contributed by atoms with Gasteiger partial charge in [-0.1, -0.05) is 37.1 Å². The first-order valence-electron chi connectivity index (χ1n) is 9.62. The monoisotopic (exact) mass is 370 g/mol. The van der Waals surface area contributed by atoms with Gasteiger partial charge in [0.25, 0.3) is 0 Å². The predicted octanol–water partition coefficient (Wildman–Crippen LogP) is 5.45. The van der Waals surface area contributed by atoms with Crippen LogP contribution in [-0.2, 0) is 0 Å². The van der Waals surface area contributed by atoms with Crippen LogP contribution in [0.2, 0.25) is 0 Å². The summed E-state index contributed by atoms with van der Waals surface area (Å²) < 4.78 is 11.5. The van der Waals surface area contributed by atoms with Crippen LogP contribution < -0.4 is 4.74 Å². The van der Waals surface area contributed by atoms with E-state index < -0.39 is 0 Å². The summed E-state index contributed by atoms with van der Waals surface area (Å²) in [4.78, 5) is 3.47. The van der Waals surface area contributed by atoms with Crippen LogP contribution in [0.3, 0.4) is 0 Å². The molecule has 138 valence electrons. The minimum Gasteiger partial charge on any atom is -0.492 e. The van der Waals surface area contributed by atoms with Gasteiger partial charge in [0, 0.05) is 12.1 Å². The Morgan fingerprint density at radius 2 is 2.15 bits per heavy atom. The van der Waals surface area contributed by atoms with Crippen molar-refractivity contribution in [2.24, 2.45) is 5.92 Å². The first-order chi connectivity index (χ1) is 12.8. The third kappa shape index (κ3) is 3.94. The second-order valence-electron chi connectivity index (χ2n) is 7.10. The molecule has 0 radical (unpaired) electrons. The Balaban J connectivity index is 1.32. The quantitative estimate of drug-likeness (QED) is 0.554. The third-order valence-electron chi connectivity index (χ3n) is 5.29. The van der Waals surface area contributed by atoms with Crippen LogP contribution in [0.25, 0.3) is 21.5 Å². The maximum Gasteiger partial charge on any atom is 0.175 e. The number of nitrogens with zero attached hydrogens (tertiary/aromatic N) is 2. The fourth-order valence-electron chi connectivity index (χ4n) is 3.82. The van der Waals surface area contributed by atoms with Gasteiger partial charge in [0.05, 0.1) is 5.39 Å². The van der Waals surface area contributed by atoms with Gasteiger partial charge >= 0.3 is 0 Å². The molecule has 4 nitrogen and oxygen atoms in total. The van der Waals surface area contributed by atoms with Gasteiger partial charge in [-0.2, -0.15) is 0 Å². The van der Waals surface area contributed by atoms with E-state index >= 15 is 0 Å². The minimum atomic E-state index is 0.728. The average Bonchev–Trinajstić information content (AvgIpc) is 3.27. The van der Waals surface area contributed by atoms with Crippen LogP contribution >= 0.6 is 11.3 Å². The maximum atomic E-state index is 6.01. The predicted molar refractivity (Wildman–Crippen MR) is 107 cm³/mol. The van der Waals surface area contributed by atoms with Gasteiger partial charge in [-0.3, -0.25) is 4.90 Å². The molecule has 3 aromatic rings. The summed E-state index contributed by atoms with van der Waals surface area (Å²) in [6.07, 6.45) is 5.38. The van der Waals surface area contributed by atoms with Gasteiger partial charge in [-0.05, 0) is 55.4 Å². The number of hydrogen-bond acceptors (Lipinski definition) is 5. The lowest BCUT2D eigenvalue weighted by Crippen LogP contribution is -2.36. The number of hydrogen-bond donors (Lipinski definition) is 0. The SMILES string of the molecule is CCCC1CCN(CCOc2cccc(-c3onc4sccc34)c2)CC1. The summed E-state index contributed by atoms with van der Waals surface area (Å²) in [6.45, 7) is 6.44. The molecule has 0 bridgehead atoms. The van der Waals surface area contributed by atoms with Crippen LogP contribution in [0.15, 0.2) is 40.2 Å². The van der Waals surface area contributed by atoms with Crippen LogP contribution in [0.5, 0.6) is 5.75 Å². The molecule has 1 aliphatic rings. The van der Waals surface area contributed by atoms with E-state index in [9.17, 15) is 0 Å². The third-order valence-corrected chi connectivity index (χ3v) is 6.08. The highest BCUT2D eigenvalue weighted by Gasteiger charge is 2.18. The number of piperidine rings is 1. The molecular formula is C21H26N2O2S. The Kier molecular flexibility index (Phi) is 5.56. The van der Waals surface area contributed by atoms with Crippen LogP contribution in [0.1, 0.15) is 32.6 Å². The Morgan fingerprint density at radius 1 is 1.27 bits per heavy atom. The zero-order valence-electron chi connectivity index (χ0n) is 15.3. The van der Waals surface area contributed by atoms with Crippen LogP contribution in [0.4, 0.5) is 0 Å². The number of fused-ring (bicyclic) bond motifs is 1. The van der Waals surface area contributed by atoms with Gasteiger partial charge in [0.15, 0.2) is 10.6 Å². The van der Waals surface area contributed by atoms with Crippen molar-refractivity contribution in [1.29, 1.82) is 0 Å². The zero-order chi connectivity index (χ0) is 17.8. The largest absolute Gasteiger partial charge is 0.492 e. The summed E-state index contributed by atoms with van der Waals surface area (Å²) in [5, 5.41) is 7.24. The van der Waals surface area contributed by atoms with E-state index in [4.69, 9.17) is 9.26 Å². The van der Waals surface area contributed by atoms with Crippen molar-refractivity contribution in [2.75, 3.05) is 26.2 Å². The molecule has 1 fully saturated rings. The van der Waals surface area contributed by atoms with Crippen molar-refractivity contribution in [3.8, 4) is 17.1 Å². The first-order valence-corrected chi connectivity index (χ1v) is 10.5. The zero-order valence-corrected chi connectivity index (χ0v) is 16.1. The lowest BCUT2D eigenvalue weighted by molar-refractivity contribution is 0.151. The molecule has 0 spiro atoms. The molecule has 26 heavy (non-hydrogen) atoms. The highest BCUT2D eigenvalue weighted by molar-refractivity contribution is 7.16. The molecule has 0 atom stereocenters. The van der Waals surface area contributed by atoms with E-state index in [0.29, 0.717) is 0 Å². The van der Waals surface area contributed by atoms with Crippen molar-refractivity contribution < 1.29 is 9.26 Å². The van der Waals surface area contributed by atoms with Crippen molar-refractivity contribution in [3.05, 3.63) is 35.7 Å². The van der Waals surface area contributed by atoms with E-state index in [0.717, 1.165) is 46.4 Å². The first kappa shape index (κ1) is 17.6. The van der Waals surface area contributed by atoms with Crippen LogP contribution in [-0.4, -0.2) is 36.3 Å². The van der Waals surface area contributed by atoms with E-state index in [-0.39, 0.29) is 0 Å². The molecule has 1 saturated heterocycles. The molecule has 0 saturated carbocycles. The molecule has 0 aliphatic carbocycles. The average molecular weight is 371 g/mol. The number of rotatable bonds is 7. The van der Waals surface area contributed by atoms with Gasteiger partial charge in [-0.15, -0.1) is 11.3 Å². The number of benzene rings is 1. The smallest absolute Gasteiger partial charge is 0.175 e. The molecule has 3 heterocycles. The molecule has 2 aromatic heterocycles. The molecule has 0 amide bonds. The lowest BCUT2D eigenvalue weighted by Gasteiger charge is -2.31. The van der Waals surface area contributed by atoms with Gasteiger partial charge < -0.3 is 9.26 Å². The Labute approximate surface area is 158 Å². The molecule has 1 aliphatic heterocycles. The second-order valence-corrected chi connectivity index (χ2v) is 8.00. The number of likely N-dealkylation sites (tertiary alicyclic amines) is 1. The topological polar surface area (TPSA) is 38.5 Å². The molecule has 0 unspecified atom stereocenters. The molecular weight excluding hydrogens is 344 g/mol. The maximum absolute atomic E-state index is 6.01.